The molecule has 0 aliphatic carbocycles. The monoisotopic (exact) mass is 576 g/mol. The van der Waals surface area contributed by atoms with Crippen LogP contribution >= 0.6 is 11.8 Å². The second-order valence-corrected chi connectivity index (χ2v) is 11.7. The highest BCUT2D eigenvalue weighted by molar-refractivity contribution is 8.15. The van der Waals surface area contributed by atoms with Crippen LogP contribution in [0.5, 0.6) is 0 Å². The summed E-state index contributed by atoms with van der Waals surface area (Å²) in [7, 11) is 0. The topological polar surface area (TPSA) is 86.7 Å². The maximum atomic E-state index is 13.0. The Morgan fingerprint density at radius 3 is 2.12 bits per heavy atom. The van der Waals surface area contributed by atoms with E-state index in [0.717, 1.165) is 50.8 Å². The third-order valence-electron chi connectivity index (χ3n) is 8.09. The molecule has 2 N–H and O–H groups in total. The van der Waals surface area contributed by atoms with E-state index in [4.69, 9.17) is 0 Å². The third kappa shape index (κ3) is 5.62. The van der Waals surface area contributed by atoms with E-state index in [1.165, 1.54) is 4.90 Å². The summed E-state index contributed by atoms with van der Waals surface area (Å²) in [5.74, 6) is -0.342. The highest BCUT2D eigenvalue weighted by Gasteiger charge is 2.33. The fourth-order valence-corrected chi connectivity index (χ4v) is 6.92. The van der Waals surface area contributed by atoms with Crippen LogP contribution in [0.15, 0.2) is 97.1 Å². The minimum absolute atomic E-state index is 0.00737. The van der Waals surface area contributed by atoms with Crippen molar-refractivity contribution < 1.29 is 19.5 Å². The van der Waals surface area contributed by atoms with Crippen molar-refractivity contribution in [3.8, 4) is 0 Å². The van der Waals surface area contributed by atoms with Gasteiger partial charge in [-0.05, 0) is 70.8 Å². The SMILES string of the molecule is O=C1CCc2c(cccc2C(CCCO)c2cc(C(c3ccccc3)c3ccccc3)cc(N3C(=O)CSC3=O)c2)N1. The summed E-state index contributed by atoms with van der Waals surface area (Å²) in [6.07, 6.45) is 2.30. The predicted octanol–water partition coefficient (Wildman–Crippen LogP) is 6.86. The van der Waals surface area contributed by atoms with Crippen LogP contribution in [0, 0.1) is 0 Å². The molecule has 0 bridgehead atoms. The number of carbonyl (C=O) groups excluding carboxylic acids is 3. The summed E-state index contributed by atoms with van der Waals surface area (Å²) in [5.41, 5.74) is 7.72. The molecule has 2 aliphatic rings. The number of imide groups is 1. The summed E-state index contributed by atoms with van der Waals surface area (Å²) in [5, 5.41) is 12.6. The Hall–Kier alpha value is -4.20. The van der Waals surface area contributed by atoms with Crippen LogP contribution in [0.1, 0.15) is 64.5 Å². The standard InChI is InChI=1S/C35H32N2O4S/c38-18-8-14-28(29-13-7-15-31-30(29)16-17-32(39)36-31)25-19-26(21-27(20-25)37-33(40)22-42-35(37)41)34(23-9-3-1-4-10-23)24-11-5-2-6-12-24/h1-7,9-13,15,19-21,28,34,38H,8,14,16-18,22H2,(H,36,39). The Morgan fingerprint density at radius 1 is 0.786 bits per heavy atom. The minimum atomic E-state index is -0.272. The number of thioether (sulfide) groups is 1. The molecule has 1 unspecified atom stereocenters. The van der Waals surface area contributed by atoms with Gasteiger partial charge in [-0.15, -0.1) is 0 Å². The van der Waals surface area contributed by atoms with Crippen molar-refractivity contribution in [1.82, 2.24) is 0 Å². The Balaban J connectivity index is 1.57. The van der Waals surface area contributed by atoms with E-state index in [1.807, 2.05) is 60.7 Å². The lowest BCUT2D eigenvalue weighted by molar-refractivity contribution is -0.116. The number of hydrogen-bond acceptors (Lipinski definition) is 5. The zero-order chi connectivity index (χ0) is 29.1. The number of fused-ring (bicyclic) bond motifs is 1. The Morgan fingerprint density at radius 2 is 1.48 bits per heavy atom. The maximum Gasteiger partial charge on any atom is 0.293 e. The summed E-state index contributed by atoms with van der Waals surface area (Å²) in [6.45, 7) is 0.0468. The maximum absolute atomic E-state index is 13.0. The van der Waals surface area contributed by atoms with Crippen molar-refractivity contribution in [3.05, 3.63) is 130 Å². The van der Waals surface area contributed by atoms with Crippen LogP contribution in [0.4, 0.5) is 16.2 Å². The molecule has 1 fully saturated rings. The van der Waals surface area contributed by atoms with Gasteiger partial charge in [0.1, 0.15) is 0 Å². The second kappa shape index (κ2) is 12.3. The molecular formula is C35H32N2O4S. The highest BCUT2D eigenvalue weighted by Crippen LogP contribution is 2.42. The van der Waals surface area contributed by atoms with Gasteiger partial charge in [-0.3, -0.25) is 14.4 Å². The van der Waals surface area contributed by atoms with Gasteiger partial charge < -0.3 is 10.4 Å². The molecule has 2 aliphatic heterocycles. The van der Waals surface area contributed by atoms with Gasteiger partial charge in [0.25, 0.3) is 5.24 Å². The quantitative estimate of drug-likeness (QED) is 0.213. The Bertz CT molecular complexity index is 1570. The van der Waals surface area contributed by atoms with Crippen LogP contribution in [0.2, 0.25) is 0 Å². The molecule has 0 radical (unpaired) electrons. The molecule has 1 atom stereocenters. The fourth-order valence-electron chi connectivity index (χ4n) is 6.20. The number of nitrogens with zero attached hydrogens (tertiary/aromatic N) is 1. The van der Waals surface area contributed by atoms with Gasteiger partial charge in [-0.25, -0.2) is 4.90 Å². The van der Waals surface area contributed by atoms with Crippen LogP contribution in [0.25, 0.3) is 0 Å². The molecule has 0 spiro atoms. The predicted molar refractivity (Wildman–Crippen MR) is 167 cm³/mol. The van der Waals surface area contributed by atoms with Gasteiger partial charge in [0.2, 0.25) is 11.8 Å². The van der Waals surface area contributed by atoms with Crippen molar-refractivity contribution in [2.24, 2.45) is 0 Å². The van der Waals surface area contributed by atoms with Crippen molar-refractivity contribution in [3.63, 3.8) is 0 Å². The third-order valence-corrected chi connectivity index (χ3v) is 8.91. The van der Waals surface area contributed by atoms with E-state index in [9.17, 15) is 19.5 Å². The Kier molecular flexibility index (Phi) is 8.22. The van der Waals surface area contributed by atoms with Crippen LogP contribution in [-0.2, 0) is 16.0 Å². The second-order valence-electron chi connectivity index (χ2n) is 10.7. The molecule has 4 aromatic rings. The van der Waals surface area contributed by atoms with Crippen molar-refractivity contribution in [1.29, 1.82) is 0 Å². The van der Waals surface area contributed by atoms with Gasteiger partial charge in [-0.1, -0.05) is 90.6 Å². The van der Waals surface area contributed by atoms with Gasteiger partial charge in [0, 0.05) is 30.6 Å². The molecule has 0 saturated carbocycles. The average Bonchev–Trinajstić information content (AvgIpc) is 3.35. The summed E-state index contributed by atoms with van der Waals surface area (Å²) in [6, 6.07) is 32.6. The van der Waals surface area contributed by atoms with Gasteiger partial charge in [0.15, 0.2) is 0 Å². The number of benzene rings is 4. The normalized spacial score (nSPS) is 15.6. The number of hydrogen-bond donors (Lipinski definition) is 2. The molecular weight excluding hydrogens is 544 g/mol. The molecule has 42 heavy (non-hydrogen) atoms. The van der Waals surface area contributed by atoms with Crippen LogP contribution < -0.4 is 10.2 Å². The van der Waals surface area contributed by atoms with Crippen molar-refractivity contribution >= 4 is 40.2 Å². The summed E-state index contributed by atoms with van der Waals surface area (Å²) >= 11 is 1.02. The van der Waals surface area contributed by atoms with Crippen LogP contribution in [-0.4, -0.2) is 34.5 Å². The molecule has 7 heteroatoms. The largest absolute Gasteiger partial charge is 0.396 e. The number of amides is 3. The van der Waals surface area contributed by atoms with Crippen LogP contribution in [0.3, 0.4) is 0 Å². The lowest BCUT2D eigenvalue weighted by Crippen LogP contribution is -2.28. The molecule has 6 rings (SSSR count). The van der Waals surface area contributed by atoms with E-state index in [2.05, 4.69) is 41.7 Å². The number of aliphatic hydroxyl groups excluding tert-OH is 1. The smallest absolute Gasteiger partial charge is 0.293 e. The molecule has 212 valence electrons. The molecule has 4 aromatic carbocycles. The minimum Gasteiger partial charge on any atom is -0.396 e. The number of rotatable bonds is 9. The van der Waals surface area contributed by atoms with E-state index < -0.39 is 0 Å². The van der Waals surface area contributed by atoms with E-state index in [0.29, 0.717) is 31.4 Å². The van der Waals surface area contributed by atoms with Gasteiger partial charge in [0.05, 0.1) is 11.4 Å². The zero-order valence-electron chi connectivity index (χ0n) is 23.2. The fraction of sp³-hybridized carbons (Fsp3) is 0.229. The average molecular weight is 577 g/mol. The molecule has 2 heterocycles. The van der Waals surface area contributed by atoms with E-state index in [-0.39, 0.29) is 41.2 Å². The summed E-state index contributed by atoms with van der Waals surface area (Å²) in [4.78, 5) is 39.4. The summed E-state index contributed by atoms with van der Waals surface area (Å²) < 4.78 is 0. The van der Waals surface area contributed by atoms with Gasteiger partial charge in [-0.2, -0.15) is 0 Å². The molecule has 1 saturated heterocycles. The molecule has 6 nitrogen and oxygen atoms in total. The van der Waals surface area contributed by atoms with Gasteiger partial charge >= 0.3 is 0 Å². The number of aliphatic hydroxyl groups is 1. The van der Waals surface area contributed by atoms with E-state index in [1.54, 1.807) is 0 Å². The first-order chi connectivity index (χ1) is 20.5. The first-order valence-corrected chi connectivity index (χ1v) is 15.3. The first kappa shape index (κ1) is 27.9. The number of nitrogens with one attached hydrogen (secondary N) is 1. The van der Waals surface area contributed by atoms with Crippen molar-refractivity contribution in [2.75, 3.05) is 22.6 Å². The lowest BCUT2D eigenvalue weighted by atomic mass is 9.79. The number of carbonyl (C=O) groups is 3. The first-order valence-electron chi connectivity index (χ1n) is 14.3. The zero-order valence-corrected chi connectivity index (χ0v) is 24.0. The highest BCUT2D eigenvalue weighted by atomic mass is 32.2. The van der Waals surface area contributed by atoms with E-state index >= 15 is 0 Å². The van der Waals surface area contributed by atoms with Crippen molar-refractivity contribution in [2.45, 2.75) is 37.5 Å². The Labute approximate surface area is 249 Å². The lowest BCUT2D eigenvalue weighted by Gasteiger charge is -2.28. The number of anilines is 2. The molecule has 3 amide bonds. The molecule has 0 aromatic heterocycles.